The number of carbonyl (C=O) groups is 1. The summed E-state index contributed by atoms with van der Waals surface area (Å²) in [6, 6.07) is 9.89. The summed E-state index contributed by atoms with van der Waals surface area (Å²) in [5.41, 5.74) is 1.05. The van der Waals surface area contributed by atoms with Gasteiger partial charge < -0.3 is 4.57 Å². The molecule has 0 spiro atoms. The third-order valence-corrected chi connectivity index (χ3v) is 2.72. The highest BCUT2D eigenvalue weighted by molar-refractivity contribution is 7.97. The zero-order valence-corrected chi connectivity index (χ0v) is 9.57. The second-order valence-electron chi connectivity index (χ2n) is 3.22. The molecule has 0 fully saturated rings. The van der Waals surface area contributed by atoms with Crippen LogP contribution in [0, 0.1) is 0 Å². The number of nitrogens with zero attached hydrogens (tertiary/aromatic N) is 2. The van der Waals surface area contributed by atoms with Crippen molar-refractivity contribution in [2.45, 2.75) is 11.9 Å². The van der Waals surface area contributed by atoms with Crippen LogP contribution < -0.4 is 4.72 Å². The number of rotatable bonds is 3. The molecule has 4 nitrogen and oxygen atoms in total. The second-order valence-corrected chi connectivity index (χ2v) is 4.04. The molecule has 1 amide bonds. The third-order valence-electron chi connectivity index (χ3n) is 1.91. The van der Waals surface area contributed by atoms with Gasteiger partial charge in [0.2, 0.25) is 5.91 Å². The van der Waals surface area contributed by atoms with Crippen LogP contribution in [0.1, 0.15) is 6.92 Å². The number of hydrogen-bond donors (Lipinski definition) is 1. The fraction of sp³-hybridized carbons (Fsp3) is 0.0909. The van der Waals surface area contributed by atoms with E-state index in [2.05, 4.69) is 9.71 Å². The Hall–Kier alpha value is -1.75. The fourth-order valence-electron chi connectivity index (χ4n) is 1.22. The molecule has 0 aliphatic heterocycles. The molecule has 0 atom stereocenters. The summed E-state index contributed by atoms with van der Waals surface area (Å²) < 4.78 is 4.54. The summed E-state index contributed by atoms with van der Waals surface area (Å²) in [4.78, 5) is 14.9. The molecule has 1 aromatic carbocycles. The Kier molecular flexibility index (Phi) is 3.26. The number of hydrogen-bond acceptors (Lipinski definition) is 3. The van der Waals surface area contributed by atoms with E-state index in [1.165, 1.54) is 18.9 Å². The van der Waals surface area contributed by atoms with Crippen LogP contribution in [0.4, 0.5) is 0 Å². The molecule has 2 aromatic rings. The number of amides is 1. The van der Waals surface area contributed by atoms with Crippen molar-refractivity contribution in [3.05, 3.63) is 42.9 Å². The fourth-order valence-corrected chi connectivity index (χ4v) is 1.74. The summed E-state index contributed by atoms with van der Waals surface area (Å²) >= 11 is 1.21. The molecule has 0 radical (unpaired) electrons. The topological polar surface area (TPSA) is 46.9 Å². The normalized spacial score (nSPS) is 10.1. The molecule has 82 valence electrons. The SMILES string of the molecule is CC(=O)NSc1cn(-c2ccccc2)cn1. The Balaban J connectivity index is 2.11. The number of imidazole rings is 1. The summed E-state index contributed by atoms with van der Waals surface area (Å²) in [7, 11) is 0. The van der Waals surface area contributed by atoms with Crippen LogP contribution in [0.25, 0.3) is 5.69 Å². The van der Waals surface area contributed by atoms with Crippen molar-refractivity contribution in [3.63, 3.8) is 0 Å². The lowest BCUT2D eigenvalue weighted by molar-refractivity contribution is -0.117. The van der Waals surface area contributed by atoms with Gasteiger partial charge in [0.15, 0.2) is 0 Å². The quantitative estimate of drug-likeness (QED) is 0.825. The first kappa shape index (κ1) is 10.8. The lowest BCUT2D eigenvalue weighted by Gasteiger charge is -1.99. The van der Waals surface area contributed by atoms with Crippen LogP contribution >= 0.6 is 11.9 Å². The van der Waals surface area contributed by atoms with Gasteiger partial charge in [0.05, 0.1) is 0 Å². The van der Waals surface area contributed by atoms with E-state index in [9.17, 15) is 4.79 Å². The van der Waals surface area contributed by atoms with Gasteiger partial charge in [-0.2, -0.15) is 0 Å². The Morgan fingerprint density at radius 3 is 2.81 bits per heavy atom. The minimum atomic E-state index is -0.0840. The molecule has 0 saturated heterocycles. The Labute approximate surface area is 97.8 Å². The largest absolute Gasteiger partial charge is 0.305 e. The third kappa shape index (κ3) is 2.64. The van der Waals surface area contributed by atoms with Crippen LogP contribution in [-0.4, -0.2) is 15.5 Å². The molecular formula is C11H11N3OS. The highest BCUT2D eigenvalue weighted by Gasteiger charge is 2.01. The minimum absolute atomic E-state index is 0.0840. The maximum Gasteiger partial charge on any atom is 0.226 e. The standard InChI is InChI=1S/C11H11N3OS/c1-9(15)13-16-11-7-14(8-12-11)10-5-3-2-4-6-10/h2-8H,1H3,(H,13,15). The molecular weight excluding hydrogens is 222 g/mol. The summed E-state index contributed by atoms with van der Waals surface area (Å²) in [6.07, 6.45) is 3.59. The lowest BCUT2D eigenvalue weighted by atomic mass is 10.3. The first-order chi connectivity index (χ1) is 7.75. The van der Waals surface area contributed by atoms with Crippen molar-refractivity contribution in [3.8, 4) is 5.69 Å². The van der Waals surface area contributed by atoms with Crippen molar-refractivity contribution in [1.29, 1.82) is 0 Å². The van der Waals surface area contributed by atoms with Crippen LogP contribution in [0.5, 0.6) is 0 Å². The maximum absolute atomic E-state index is 10.7. The number of benzene rings is 1. The van der Waals surface area contributed by atoms with Gasteiger partial charge in [0.25, 0.3) is 0 Å². The molecule has 1 heterocycles. The molecule has 0 unspecified atom stereocenters. The molecule has 0 saturated carbocycles. The van der Waals surface area contributed by atoms with Gasteiger partial charge in [-0.15, -0.1) is 0 Å². The van der Waals surface area contributed by atoms with Gasteiger partial charge in [-0.3, -0.25) is 9.52 Å². The smallest absolute Gasteiger partial charge is 0.226 e. The highest BCUT2D eigenvalue weighted by atomic mass is 32.2. The Bertz CT molecular complexity index is 481. The second kappa shape index (κ2) is 4.85. The lowest BCUT2D eigenvalue weighted by Crippen LogP contribution is -2.09. The van der Waals surface area contributed by atoms with E-state index in [0.29, 0.717) is 0 Å². The van der Waals surface area contributed by atoms with Crippen molar-refractivity contribution in [1.82, 2.24) is 14.3 Å². The predicted molar refractivity (Wildman–Crippen MR) is 63.2 cm³/mol. The van der Waals surface area contributed by atoms with Crippen LogP contribution in [0.15, 0.2) is 47.9 Å². The Morgan fingerprint density at radius 1 is 1.38 bits per heavy atom. The first-order valence-electron chi connectivity index (χ1n) is 4.78. The van der Waals surface area contributed by atoms with Crippen molar-refractivity contribution < 1.29 is 4.79 Å². The molecule has 0 aliphatic carbocycles. The monoisotopic (exact) mass is 233 g/mol. The van der Waals surface area contributed by atoms with Gasteiger partial charge in [-0.05, 0) is 12.1 Å². The highest BCUT2D eigenvalue weighted by Crippen LogP contribution is 2.14. The summed E-state index contributed by atoms with van der Waals surface area (Å²) in [5, 5.41) is 0.763. The molecule has 0 aliphatic rings. The van der Waals surface area contributed by atoms with Crippen LogP contribution in [0.3, 0.4) is 0 Å². The average Bonchev–Trinajstić information content (AvgIpc) is 2.76. The summed E-state index contributed by atoms with van der Waals surface area (Å²) in [5.74, 6) is -0.0840. The molecule has 2 rings (SSSR count). The number of para-hydroxylation sites is 1. The maximum atomic E-state index is 10.7. The van der Waals surface area contributed by atoms with Gasteiger partial charge in [-0.1, -0.05) is 18.2 Å². The zero-order chi connectivity index (χ0) is 11.4. The summed E-state index contributed by atoms with van der Waals surface area (Å²) in [6.45, 7) is 1.47. The van der Waals surface area contributed by atoms with Gasteiger partial charge in [0, 0.05) is 30.8 Å². The number of carbonyl (C=O) groups excluding carboxylic acids is 1. The van der Waals surface area contributed by atoms with E-state index in [1.807, 2.05) is 41.1 Å². The van der Waals surface area contributed by atoms with Gasteiger partial charge in [-0.25, -0.2) is 4.98 Å². The Morgan fingerprint density at radius 2 is 2.12 bits per heavy atom. The van der Waals surface area contributed by atoms with E-state index in [1.54, 1.807) is 6.33 Å². The minimum Gasteiger partial charge on any atom is -0.305 e. The average molecular weight is 233 g/mol. The van der Waals surface area contributed by atoms with E-state index in [0.717, 1.165) is 10.7 Å². The molecule has 16 heavy (non-hydrogen) atoms. The van der Waals surface area contributed by atoms with E-state index < -0.39 is 0 Å². The first-order valence-corrected chi connectivity index (χ1v) is 5.60. The number of nitrogens with one attached hydrogen (secondary N) is 1. The van der Waals surface area contributed by atoms with Crippen molar-refractivity contribution in [2.24, 2.45) is 0 Å². The molecule has 5 heteroatoms. The molecule has 0 bridgehead atoms. The van der Waals surface area contributed by atoms with Gasteiger partial charge in [0.1, 0.15) is 11.4 Å². The van der Waals surface area contributed by atoms with Gasteiger partial charge >= 0.3 is 0 Å². The molecule has 1 N–H and O–H groups in total. The zero-order valence-electron chi connectivity index (χ0n) is 8.75. The number of aromatic nitrogens is 2. The van der Waals surface area contributed by atoms with Crippen LogP contribution in [0.2, 0.25) is 0 Å². The van der Waals surface area contributed by atoms with Crippen molar-refractivity contribution >= 4 is 17.9 Å². The van der Waals surface area contributed by atoms with Crippen LogP contribution in [-0.2, 0) is 4.79 Å². The predicted octanol–water partition coefficient (Wildman–Crippen LogP) is 2.02. The van der Waals surface area contributed by atoms with Crippen molar-refractivity contribution in [2.75, 3.05) is 0 Å². The van der Waals surface area contributed by atoms with E-state index in [-0.39, 0.29) is 5.91 Å². The van der Waals surface area contributed by atoms with E-state index >= 15 is 0 Å². The molecule has 1 aromatic heterocycles. The van der Waals surface area contributed by atoms with E-state index in [4.69, 9.17) is 0 Å².